The van der Waals surface area contributed by atoms with Crippen molar-refractivity contribution in [2.45, 2.75) is 6.92 Å². The standard InChI is InChI=1S/C12H13NO5/c1-8(15)6-13(7-14)10-4-3-9(12(16)17)5-11(10)18-2/h3-5,7H,6H2,1-2H3,(H,16,17). The second-order valence-electron chi connectivity index (χ2n) is 3.63. The number of rotatable bonds is 6. The second-order valence-corrected chi connectivity index (χ2v) is 3.63. The Morgan fingerprint density at radius 1 is 1.44 bits per heavy atom. The first-order chi connectivity index (χ1) is 8.49. The predicted octanol–water partition coefficient (Wildman–Crippen LogP) is 0.945. The minimum absolute atomic E-state index is 0.0456. The molecule has 0 unspecified atom stereocenters. The number of Topliss-reactive ketones (excluding diaryl/α,β-unsaturated/α-hetero) is 1. The molecule has 1 aromatic carbocycles. The highest BCUT2D eigenvalue weighted by Gasteiger charge is 2.15. The van der Waals surface area contributed by atoms with E-state index in [-0.39, 0.29) is 23.6 Å². The van der Waals surface area contributed by atoms with Gasteiger partial charge in [0, 0.05) is 0 Å². The van der Waals surface area contributed by atoms with E-state index in [1.54, 1.807) is 0 Å². The smallest absolute Gasteiger partial charge is 0.335 e. The summed E-state index contributed by atoms with van der Waals surface area (Å²) in [5.41, 5.74) is 0.400. The van der Waals surface area contributed by atoms with E-state index < -0.39 is 5.97 Å². The fourth-order valence-electron chi connectivity index (χ4n) is 1.47. The number of carbonyl (C=O) groups is 3. The molecule has 0 saturated heterocycles. The zero-order valence-electron chi connectivity index (χ0n) is 10.0. The third-order valence-electron chi connectivity index (χ3n) is 2.26. The maximum atomic E-state index is 11.0. The molecule has 0 aliphatic rings. The van der Waals surface area contributed by atoms with E-state index in [9.17, 15) is 14.4 Å². The summed E-state index contributed by atoms with van der Waals surface area (Å²) >= 11 is 0. The van der Waals surface area contributed by atoms with E-state index in [0.29, 0.717) is 12.1 Å². The van der Waals surface area contributed by atoms with Crippen LogP contribution in [-0.2, 0) is 9.59 Å². The van der Waals surface area contributed by atoms with Crippen molar-refractivity contribution in [1.29, 1.82) is 0 Å². The van der Waals surface area contributed by atoms with Gasteiger partial charge in [-0.3, -0.25) is 9.59 Å². The van der Waals surface area contributed by atoms with E-state index in [1.807, 2.05) is 0 Å². The highest BCUT2D eigenvalue weighted by molar-refractivity contribution is 5.93. The summed E-state index contributed by atoms with van der Waals surface area (Å²) in [4.78, 5) is 33.9. The molecule has 96 valence electrons. The number of nitrogens with zero attached hydrogens (tertiary/aromatic N) is 1. The minimum atomic E-state index is -1.09. The number of carboxylic acid groups (broad SMARTS) is 1. The van der Waals surface area contributed by atoms with Crippen LogP contribution in [0.4, 0.5) is 5.69 Å². The Morgan fingerprint density at radius 2 is 2.11 bits per heavy atom. The predicted molar refractivity (Wildman–Crippen MR) is 64.0 cm³/mol. The van der Waals surface area contributed by atoms with Crippen molar-refractivity contribution in [3.63, 3.8) is 0 Å². The Hall–Kier alpha value is -2.37. The molecule has 0 bridgehead atoms. The summed E-state index contributed by atoms with van der Waals surface area (Å²) in [7, 11) is 1.36. The number of ketones is 1. The molecule has 6 nitrogen and oxygen atoms in total. The third kappa shape index (κ3) is 3.07. The van der Waals surface area contributed by atoms with Crippen LogP contribution in [-0.4, -0.2) is 36.9 Å². The van der Waals surface area contributed by atoms with Gasteiger partial charge in [0.25, 0.3) is 0 Å². The molecular formula is C12H13NO5. The van der Waals surface area contributed by atoms with E-state index in [4.69, 9.17) is 9.84 Å². The molecule has 0 spiro atoms. The monoisotopic (exact) mass is 251 g/mol. The van der Waals surface area contributed by atoms with Crippen molar-refractivity contribution < 1.29 is 24.2 Å². The molecule has 1 amide bonds. The highest BCUT2D eigenvalue weighted by Crippen LogP contribution is 2.28. The number of benzene rings is 1. The van der Waals surface area contributed by atoms with Gasteiger partial charge in [0.1, 0.15) is 11.5 Å². The maximum Gasteiger partial charge on any atom is 0.335 e. The van der Waals surface area contributed by atoms with Crippen LogP contribution < -0.4 is 9.64 Å². The topological polar surface area (TPSA) is 83.9 Å². The average Bonchev–Trinajstić information content (AvgIpc) is 2.34. The van der Waals surface area contributed by atoms with Crippen LogP contribution >= 0.6 is 0 Å². The molecule has 0 aliphatic heterocycles. The molecule has 1 aromatic rings. The summed E-state index contributed by atoms with van der Waals surface area (Å²) in [5.74, 6) is -1.06. The van der Waals surface area contributed by atoms with Crippen molar-refractivity contribution in [1.82, 2.24) is 0 Å². The molecule has 0 aromatic heterocycles. The lowest BCUT2D eigenvalue weighted by molar-refractivity contribution is -0.117. The van der Waals surface area contributed by atoms with Crippen LogP contribution in [0, 0.1) is 0 Å². The van der Waals surface area contributed by atoms with Crippen molar-refractivity contribution in [3.05, 3.63) is 23.8 Å². The zero-order valence-corrected chi connectivity index (χ0v) is 10.0. The van der Waals surface area contributed by atoms with Gasteiger partial charge in [-0.2, -0.15) is 0 Å². The Labute approximate surface area is 104 Å². The van der Waals surface area contributed by atoms with Gasteiger partial charge in [-0.25, -0.2) is 4.79 Å². The molecule has 0 saturated carbocycles. The lowest BCUT2D eigenvalue weighted by Gasteiger charge is -2.18. The summed E-state index contributed by atoms with van der Waals surface area (Å²) < 4.78 is 5.03. The van der Waals surface area contributed by atoms with Gasteiger partial charge in [0.15, 0.2) is 0 Å². The van der Waals surface area contributed by atoms with Gasteiger partial charge in [-0.1, -0.05) is 0 Å². The van der Waals surface area contributed by atoms with Gasteiger partial charge >= 0.3 is 5.97 Å². The van der Waals surface area contributed by atoms with E-state index >= 15 is 0 Å². The van der Waals surface area contributed by atoms with Gasteiger partial charge in [-0.05, 0) is 25.1 Å². The second kappa shape index (κ2) is 5.81. The summed E-state index contributed by atoms with van der Waals surface area (Å²) in [6, 6.07) is 4.07. The van der Waals surface area contributed by atoms with Crippen LogP contribution in [0.1, 0.15) is 17.3 Å². The van der Waals surface area contributed by atoms with Crippen LogP contribution in [0.15, 0.2) is 18.2 Å². The summed E-state index contributed by atoms with van der Waals surface area (Å²) in [6.45, 7) is 1.26. The van der Waals surface area contributed by atoms with E-state index in [2.05, 4.69) is 0 Å². The normalized spacial score (nSPS) is 9.67. The third-order valence-corrected chi connectivity index (χ3v) is 2.26. The van der Waals surface area contributed by atoms with Crippen molar-refractivity contribution >= 4 is 23.9 Å². The largest absolute Gasteiger partial charge is 0.495 e. The molecule has 1 rings (SSSR count). The van der Waals surface area contributed by atoms with Crippen LogP contribution in [0.3, 0.4) is 0 Å². The van der Waals surface area contributed by atoms with Crippen molar-refractivity contribution in [2.75, 3.05) is 18.6 Å². The van der Waals surface area contributed by atoms with Gasteiger partial charge in [0.05, 0.1) is 24.9 Å². The van der Waals surface area contributed by atoms with Crippen molar-refractivity contribution in [2.24, 2.45) is 0 Å². The van der Waals surface area contributed by atoms with Gasteiger partial charge < -0.3 is 14.7 Å². The molecule has 0 atom stereocenters. The molecule has 6 heteroatoms. The van der Waals surface area contributed by atoms with Gasteiger partial charge in [0.2, 0.25) is 6.41 Å². The molecule has 0 heterocycles. The number of hydrogen-bond donors (Lipinski definition) is 1. The van der Waals surface area contributed by atoms with E-state index in [0.717, 1.165) is 4.90 Å². The fraction of sp³-hybridized carbons (Fsp3) is 0.250. The SMILES string of the molecule is COc1cc(C(=O)O)ccc1N(C=O)CC(C)=O. The fourth-order valence-corrected chi connectivity index (χ4v) is 1.47. The maximum absolute atomic E-state index is 11.0. The first kappa shape index (κ1) is 13.7. The quantitative estimate of drug-likeness (QED) is 0.761. The average molecular weight is 251 g/mol. The Bertz CT molecular complexity index is 483. The highest BCUT2D eigenvalue weighted by atomic mass is 16.5. The Morgan fingerprint density at radius 3 is 2.56 bits per heavy atom. The van der Waals surface area contributed by atoms with E-state index in [1.165, 1.54) is 32.2 Å². The van der Waals surface area contributed by atoms with Gasteiger partial charge in [-0.15, -0.1) is 0 Å². The van der Waals surface area contributed by atoms with Crippen LogP contribution in [0.2, 0.25) is 0 Å². The number of methoxy groups -OCH3 is 1. The number of carboxylic acids is 1. The number of aromatic carboxylic acids is 1. The van der Waals surface area contributed by atoms with Crippen LogP contribution in [0.25, 0.3) is 0 Å². The van der Waals surface area contributed by atoms with Crippen molar-refractivity contribution in [3.8, 4) is 5.75 Å². The summed E-state index contributed by atoms with van der Waals surface area (Å²) in [5, 5.41) is 8.84. The number of ether oxygens (including phenoxy) is 1. The lowest BCUT2D eigenvalue weighted by Crippen LogP contribution is -2.27. The van der Waals surface area contributed by atoms with Crippen LogP contribution in [0.5, 0.6) is 5.75 Å². The molecule has 18 heavy (non-hydrogen) atoms. The molecule has 0 aliphatic carbocycles. The number of carbonyl (C=O) groups excluding carboxylic acids is 2. The lowest BCUT2D eigenvalue weighted by atomic mass is 10.1. The first-order valence-electron chi connectivity index (χ1n) is 5.12. The zero-order chi connectivity index (χ0) is 13.7. The minimum Gasteiger partial charge on any atom is -0.495 e. The molecule has 0 fully saturated rings. The Balaban J connectivity index is 3.18. The Kier molecular flexibility index (Phi) is 4.42. The number of hydrogen-bond acceptors (Lipinski definition) is 4. The molecule has 0 radical (unpaired) electrons. The molecular weight excluding hydrogens is 238 g/mol. The number of amides is 1. The first-order valence-corrected chi connectivity index (χ1v) is 5.12. The number of anilines is 1. The summed E-state index contributed by atoms with van der Waals surface area (Å²) in [6.07, 6.45) is 0.500. The molecule has 1 N–H and O–H groups in total.